The number of carbonyl (C=O) groups is 1. The Hall–Kier alpha value is -1.61. The summed E-state index contributed by atoms with van der Waals surface area (Å²) in [6, 6.07) is 0. The first kappa shape index (κ1) is 21.7. The van der Waals surface area contributed by atoms with Crippen molar-refractivity contribution in [2.75, 3.05) is 20.7 Å². The number of hydrogen-bond acceptors (Lipinski definition) is 3. The van der Waals surface area contributed by atoms with E-state index in [9.17, 15) is 4.79 Å². The standard InChI is InChI=1S/C11H19NO2.2C2H4/c1-5-6-10(11(13)14-4)7-9(2)8-12-3;2*1-2/h6-7,12H,5,8H2,1-4H3;2*1-2H2/b9-7-,10-6+;;. The highest BCUT2D eigenvalue weighted by Gasteiger charge is 2.05. The first-order valence-electron chi connectivity index (χ1n) is 5.75. The molecule has 0 aromatic carbocycles. The van der Waals surface area contributed by atoms with Crippen molar-refractivity contribution in [1.82, 2.24) is 5.32 Å². The molecule has 0 amide bonds. The van der Waals surface area contributed by atoms with Gasteiger partial charge in [0, 0.05) is 6.54 Å². The van der Waals surface area contributed by atoms with Crippen molar-refractivity contribution < 1.29 is 9.53 Å². The van der Waals surface area contributed by atoms with Crippen molar-refractivity contribution >= 4 is 5.97 Å². The molecule has 0 aromatic heterocycles. The van der Waals surface area contributed by atoms with Gasteiger partial charge in [0.2, 0.25) is 0 Å². The van der Waals surface area contributed by atoms with E-state index in [0.29, 0.717) is 5.57 Å². The SMILES string of the molecule is C=C.C=C.CC/C=C(\C=C(\C)CNC)C(=O)OC. The molecule has 0 aliphatic heterocycles. The first-order chi connectivity index (χ1) is 8.65. The lowest BCUT2D eigenvalue weighted by Crippen LogP contribution is -2.10. The average molecular weight is 253 g/mol. The second-order valence-electron chi connectivity index (χ2n) is 3.08. The van der Waals surface area contributed by atoms with Crippen molar-refractivity contribution in [3.63, 3.8) is 0 Å². The summed E-state index contributed by atoms with van der Waals surface area (Å²) in [4.78, 5) is 11.3. The molecule has 3 heteroatoms. The van der Waals surface area contributed by atoms with Gasteiger partial charge in [-0.15, -0.1) is 26.3 Å². The summed E-state index contributed by atoms with van der Waals surface area (Å²) in [5.74, 6) is -0.276. The number of rotatable bonds is 5. The molecule has 104 valence electrons. The van der Waals surface area contributed by atoms with Crippen LogP contribution in [-0.2, 0) is 9.53 Å². The predicted molar refractivity (Wildman–Crippen MR) is 80.6 cm³/mol. The average Bonchev–Trinajstić information content (AvgIpc) is 2.42. The van der Waals surface area contributed by atoms with Crippen molar-refractivity contribution in [3.8, 4) is 0 Å². The van der Waals surface area contributed by atoms with Crippen LogP contribution in [-0.4, -0.2) is 26.7 Å². The van der Waals surface area contributed by atoms with Crippen LogP contribution in [0.25, 0.3) is 0 Å². The lowest BCUT2D eigenvalue weighted by Gasteiger charge is -2.03. The Bertz CT molecular complexity index is 266. The predicted octanol–water partition coefficient (Wildman–Crippen LogP) is 3.27. The molecule has 0 spiro atoms. The normalized spacial score (nSPS) is 10.4. The van der Waals surface area contributed by atoms with E-state index < -0.39 is 0 Å². The third-order valence-corrected chi connectivity index (χ3v) is 1.70. The molecule has 0 aliphatic carbocycles. The Morgan fingerprint density at radius 2 is 1.78 bits per heavy atom. The van der Waals surface area contributed by atoms with E-state index in [-0.39, 0.29) is 5.97 Å². The molecule has 0 fully saturated rings. The van der Waals surface area contributed by atoms with Gasteiger partial charge >= 0.3 is 5.97 Å². The Kier molecular flexibility index (Phi) is 21.4. The molecule has 0 bridgehead atoms. The van der Waals surface area contributed by atoms with Gasteiger partial charge in [-0.1, -0.05) is 18.6 Å². The summed E-state index contributed by atoms with van der Waals surface area (Å²) in [7, 11) is 3.27. The maximum absolute atomic E-state index is 11.3. The Labute approximate surface area is 112 Å². The van der Waals surface area contributed by atoms with Crippen LogP contribution in [0.5, 0.6) is 0 Å². The number of carbonyl (C=O) groups excluding carboxylic acids is 1. The molecule has 0 saturated heterocycles. The van der Waals surface area contributed by atoms with E-state index in [1.54, 1.807) is 0 Å². The van der Waals surface area contributed by atoms with E-state index in [1.807, 2.05) is 33.0 Å². The van der Waals surface area contributed by atoms with Gasteiger partial charge in [-0.3, -0.25) is 0 Å². The fourth-order valence-electron chi connectivity index (χ4n) is 1.13. The second-order valence-corrected chi connectivity index (χ2v) is 3.08. The number of allylic oxidation sites excluding steroid dienone is 1. The number of nitrogens with one attached hydrogen (secondary N) is 1. The third kappa shape index (κ3) is 12.5. The van der Waals surface area contributed by atoms with Crippen molar-refractivity contribution in [2.24, 2.45) is 0 Å². The molecule has 0 unspecified atom stereocenters. The van der Waals surface area contributed by atoms with Crippen LogP contribution < -0.4 is 5.32 Å². The summed E-state index contributed by atoms with van der Waals surface area (Å²) < 4.78 is 4.67. The summed E-state index contributed by atoms with van der Waals surface area (Å²) in [6.07, 6.45) is 4.55. The topological polar surface area (TPSA) is 38.3 Å². The van der Waals surface area contributed by atoms with Gasteiger partial charge in [-0.25, -0.2) is 4.79 Å². The summed E-state index contributed by atoms with van der Waals surface area (Å²) >= 11 is 0. The van der Waals surface area contributed by atoms with Crippen LogP contribution in [0.3, 0.4) is 0 Å². The van der Waals surface area contributed by atoms with Gasteiger partial charge in [0.05, 0.1) is 12.7 Å². The number of ether oxygens (including phenoxy) is 1. The molecule has 3 nitrogen and oxygen atoms in total. The molecular weight excluding hydrogens is 226 g/mol. The monoisotopic (exact) mass is 253 g/mol. The Balaban J connectivity index is -0.000000506. The minimum absolute atomic E-state index is 0.276. The molecule has 0 rings (SSSR count). The molecule has 0 aliphatic rings. The van der Waals surface area contributed by atoms with Crippen molar-refractivity contribution in [1.29, 1.82) is 0 Å². The zero-order valence-corrected chi connectivity index (χ0v) is 12.2. The highest BCUT2D eigenvalue weighted by atomic mass is 16.5. The number of methoxy groups -OCH3 is 1. The van der Waals surface area contributed by atoms with E-state index in [0.717, 1.165) is 18.5 Å². The molecule has 0 heterocycles. The van der Waals surface area contributed by atoms with E-state index >= 15 is 0 Å². The molecule has 1 N–H and O–H groups in total. The van der Waals surface area contributed by atoms with Crippen LogP contribution in [0, 0.1) is 0 Å². The van der Waals surface area contributed by atoms with Gasteiger partial charge in [-0.2, -0.15) is 0 Å². The van der Waals surface area contributed by atoms with E-state index in [4.69, 9.17) is 0 Å². The molecular formula is C15H27NO2. The van der Waals surface area contributed by atoms with Crippen LogP contribution in [0.4, 0.5) is 0 Å². The summed E-state index contributed by atoms with van der Waals surface area (Å²) in [5.41, 5.74) is 1.74. The van der Waals surface area contributed by atoms with Gasteiger partial charge in [0.15, 0.2) is 0 Å². The molecule has 0 atom stereocenters. The zero-order valence-electron chi connectivity index (χ0n) is 12.2. The van der Waals surface area contributed by atoms with Crippen molar-refractivity contribution in [3.05, 3.63) is 49.6 Å². The quantitative estimate of drug-likeness (QED) is 0.354. The van der Waals surface area contributed by atoms with Gasteiger partial charge in [-0.05, 0) is 26.5 Å². The minimum Gasteiger partial charge on any atom is -0.465 e. The Morgan fingerprint density at radius 3 is 2.11 bits per heavy atom. The second kappa shape index (κ2) is 17.8. The zero-order chi connectivity index (χ0) is 15.0. The lowest BCUT2D eigenvalue weighted by molar-refractivity contribution is -0.135. The molecule has 18 heavy (non-hydrogen) atoms. The smallest absolute Gasteiger partial charge is 0.337 e. The van der Waals surface area contributed by atoms with E-state index in [2.05, 4.69) is 36.4 Å². The highest BCUT2D eigenvalue weighted by molar-refractivity contribution is 5.91. The van der Waals surface area contributed by atoms with E-state index in [1.165, 1.54) is 7.11 Å². The number of hydrogen-bond donors (Lipinski definition) is 1. The lowest BCUT2D eigenvalue weighted by atomic mass is 10.1. The van der Waals surface area contributed by atoms with Gasteiger partial charge in [0.1, 0.15) is 0 Å². The molecule has 0 saturated carbocycles. The molecule has 0 radical (unpaired) electrons. The van der Waals surface area contributed by atoms with Crippen molar-refractivity contribution in [2.45, 2.75) is 20.3 Å². The first-order valence-corrected chi connectivity index (χ1v) is 5.75. The number of esters is 1. The summed E-state index contributed by atoms with van der Waals surface area (Å²) in [5, 5.41) is 3.02. The maximum atomic E-state index is 11.3. The fourth-order valence-corrected chi connectivity index (χ4v) is 1.13. The van der Waals surface area contributed by atoms with Crippen LogP contribution >= 0.6 is 0 Å². The fraction of sp³-hybridized carbons (Fsp3) is 0.400. The third-order valence-electron chi connectivity index (χ3n) is 1.70. The van der Waals surface area contributed by atoms with Crippen LogP contribution in [0.15, 0.2) is 49.6 Å². The maximum Gasteiger partial charge on any atom is 0.337 e. The number of likely N-dealkylation sites (N-methyl/N-ethyl adjacent to an activating group) is 1. The van der Waals surface area contributed by atoms with Crippen LogP contribution in [0.1, 0.15) is 20.3 Å². The van der Waals surface area contributed by atoms with Gasteiger partial charge in [0.25, 0.3) is 0 Å². The summed E-state index contributed by atoms with van der Waals surface area (Å²) in [6.45, 7) is 16.7. The highest BCUT2D eigenvalue weighted by Crippen LogP contribution is 2.05. The Morgan fingerprint density at radius 1 is 1.28 bits per heavy atom. The van der Waals surface area contributed by atoms with Crippen LogP contribution in [0.2, 0.25) is 0 Å². The minimum atomic E-state index is -0.276. The molecule has 0 aromatic rings. The largest absolute Gasteiger partial charge is 0.465 e. The van der Waals surface area contributed by atoms with Gasteiger partial charge < -0.3 is 10.1 Å².